The molecule has 0 radical (unpaired) electrons. The van der Waals surface area contributed by atoms with Gasteiger partial charge in [-0.25, -0.2) is 8.42 Å². The average Bonchev–Trinajstić information content (AvgIpc) is 2.47. The maximum atomic E-state index is 12.9. The van der Waals surface area contributed by atoms with Crippen molar-refractivity contribution in [1.82, 2.24) is 9.21 Å². The van der Waals surface area contributed by atoms with Crippen LogP contribution < -0.4 is 4.74 Å². The van der Waals surface area contributed by atoms with Crippen molar-refractivity contribution < 1.29 is 13.2 Å². The quantitative estimate of drug-likeness (QED) is 0.830. The van der Waals surface area contributed by atoms with Gasteiger partial charge >= 0.3 is 0 Å². The Balaban J connectivity index is 2.17. The van der Waals surface area contributed by atoms with Crippen LogP contribution in [-0.2, 0) is 10.0 Å². The van der Waals surface area contributed by atoms with E-state index in [2.05, 4.69) is 18.7 Å². The number of piperazine rings is 1. The lowest BCUT2D eigenvalue weighted by molar-refractivity contribution is 0.172. The second-order valence-corrected chi connectivity index (χ2v) is 8.16. The largest absolute Gasteiger partial charge is 0.495 e. The number of methoxy groups -OCH3 is 1. The van der Waals surface area contributed by atoms with E-state index in [4.69, 9.17) is 4.74 Å². The Morgan fingerprint density at radius 2 is 1.82 bits per heavy atom. The minimum Gasteiger partial charge on any atom is -0.495 e. The zero-order valence-corrected chi connectivity index (χ0v) is 14.7. The van der Waals surface area contributed by atoms with Gasteiger partial charge in [0.15, 0.2) is 0 Å². The molecule has 0 saturated carbocycles. The molecule has 1 aromatic rings. The summed E-state index contributed by atoms with van der Waals surface area (Å²) in [5, 5.41) is 0. The van der Waals surface area contributed by atoms with Crippen LogP contribution in [0.3, 0.4) is 0 Å². The summed E-state index contributed by atoms with van der Waals surface area (Å²) in [5.41, 5.74) is 0.915. The van der Waals surface area contributed by atoms with Crippen LogP contribution in [0.4, 0.5) is 0 Å². The predicted molar refractivity (Wildman–Crippen MR) is 87.8 cm³/mol. The van der Waals surface area contributed by atoms with E-state index in [0.29, 0.717) is 24.8 Å². The molecule has 1 aliphatic rings. The summed E-state index contributed by atoms with van der Waals surface area (Å²) in [7, 11) is -1.99. The van der Waals surface area contributed by atoms with E-state index < -0.39 is 10.0 Å². The lowest BCUT2D eigenvalue weighted by Crippen LogP contribution is -2.49. The van der Waals surface area contributed by atoms with Gasteiger partial charge in [0.05, 0.1) is 7.11 Å². The number of hydrogen-bond donors (Lipinski definition) is 0. The van der Waals surface area contributed by atoms with Crippen LogP contribution in [0.15, 0.2) is 23.1 Å². The van der Waals surface area contributed by atoms with E-state index >= 15 is 0 Å². The summed E-state index contributed by atoms with van der Waals surface area (Å²) >= 11 is 0. The SMILES string of the molecule is COc1ccc(C)cc1S(=O)(=O)N1CCN(CC(C)C)CC1. The summed E-state index contributed by atoms with van der Waals surface area (Å²) in [6.07, 6.45) is 0. The van der Waals surface area contributed by atoms with Crippen LogP contribution in [0.25, 0.3) is 0 Å². The molecular formula is C16H26N2O3S. The molecule has 0 amide bonds. The molecule has 1 aromatic carbocycles. The first-order valence-corrected chi connectivity index (χ1v) is 9.15. The third-order valence-electron chi connectivity index (χ3n) is 3.89. The van der Waals surface area contributed by atoms with Crippen molar-refractivity contribution >= 4 is 10.0 Å². The number of nitrogens with zero attached hydrogens (tertiary/aromatic N) is 2. The van der Waals surface area contributed by atoms with Crippen molar-refractivity contribution in [3.05, 3.63) is 23.8 Å². The van der Waals surface area contributed by atoms with Crippen molar-refractivity contribution in [2.45, 2.75) is 25.7 Å². The molecule has 6 heteroatoms. The van der Waals surface area contributed by atoms with Gasteiger partial charge in [0.2, 0.25) is 10.0 Å². The molecule has 0 unspecified atom stereocenters. The summed E-state index contributed by atoms with van der Waals surface area (Å²) in [6.45, 7) is 9.90. The smallest absolute Gasteiger partial charge is 0.246 e. The number of benzene rings is 1. The standard InChI is InChI=1S/C16H26N2O3S/c1-13(2)12-17-7-9-18(10-8-17)22(19,20)16-11-14(3)5-6-15(16)21-4/h5-6,11,13H,7-10,12H2,1-4H3. The highest BCUT2D eigenvalue weighted by atomic mass is 32.2. The Hall–Kier alpha value is -1.11. The second kappa shape index (κ2) is 6.98. The average molecular weight is 326 g/mol. The van der Waals surface area contributed by atoms with Crippen molar-refractivity contribution in [2.24, 2.45) is 5.92 Å². The van der Waals surface area contributed by atoms with Crippen LogP contribution in [0.2, 0.25) is 0 Å². The summed E-state index contributed by atoms with van der Waals surface area (Å²) < 4.78 is 32.6. The normalized spacial score (nSPS) is 17.9. The molecule has 1 saturated heterocycles. The van der Waals surface area contributed by atoms with E-state index in [1.165, 1.54) is 7.11 Å². The minimum absolute atomic E-state index is 0.271. The molecule has 2 rings (SSSR count). The second-order valence-electron chi connectivity index (χ2n) is 6.25. The minimum atomic E-state index is -3.50. The van der Waals surface area contributed by atoms with Crippen LogP contribution in [0.5, 0.6) is 5.75 Å². The van der Waals surface area contributed by atoms with E-state index in [9.17, 15) is 8.42 Å². The molecule has 0 aromatic heterocycles. The number of aryl methyl sites for hydroxylation is 1. The molecular weight excluding hydrogens is 300 g/mol. The molecule has 0 atom stereocenters. The van der Waals surface area contributed by atoms with Crippen molar-refractivity contribution in [2.75, 3.05) is 39.8 Å². The zero-order chi connectivity index (χ0) is 16.3. The summed E-state index contributed by atoms with van der Waals surface area (Å²) in [6, 6.07) is 5.27. The highest BCUT2D eigenvalue weighted by Gasteiger charge is 2.30. The molecule has 1 aliphatic heterocycles. The first-order valence-electron chi connectivity index (χ1n) is 7.71. The van der Waals surface area contributed by atoms with Crippen LogP contribution in [0.1, 0.15) is 19.4 Å². The van der Waals surface area contributed by atoms with Gasteiger partial charge in [0, 0.05) is 32.7 Å². The van der Waals surface area contributed by atoms with Gasteiger partial charge in [-0.3, -0.25) is 0 Å². The fraction of sp³-hybridized carbons (Fsp3) is 0.625. The molecule has 0 N–H and O–H groups in total. The van der Waals surface area contributed by atoms with E-state index in [-0.39, 0.29) is 4.90 Å². The zero-order valence-electron chi connectivity index (χ0n) is 13.9. The predicted octanol–water partition coefficient (Wildman–Crippen LogP) is 1.97. The molecule has 1 heterocycles. The summed E-state index contributed by atoms with van der Waals surface area (Å²) in [5.74, 6) is 1.01. The van der Waals surface area contributed by atoms with Gasteiger partial charge in [-0.15, -0.1) is 0 Å². The van der Waals surface area contributed by atoms with Gasteiger partial charge in [-0.1, -0.05) is 19.9 Å². The van der Waals surface area contributed by atoms with Crippen molar-refractivity contribution in [3.8, 4) is 5.75 Å². The number of hydrogen-bond acceptors (Lipinski definition) is 4. The third kappa shape index (κ3) is 3.80. The van der Waals surface area contributed by atoms with E-state index in [0.717, 1.165) is 25.2 Å². The highest BCUT2D eigenvalue weighted by Crippen LogP contribution is 2.28. The van der Waals surface area contributed by atoms with Gasteiger partial charge in [-0.2, -0.15) is 4.31 Å². The Bertz CT molecular complexity index is 606. The van der Waals surface area contributed by atoms with Crippen molar-refractivity contribution in [3.63, 3.8) is 0 Å². The Morgan fingerprint density at radius 3 is 2.36 bits per heavy atom. The molecule has 5 nitrogen and oxygen atoms in total. The molecule has 1 fully saturated rings. The molecule has 22 heavy (non-hydrogen) atoms. The molecule has 124 valence electrons. The van der Waals surface area contributed by atoms with Gasteiger partial charge in [0.25, 0.3) is 0 Å². The Morgan fingerprint density at radius 1 is 1.18 bits per heavy atom. The number of sulfonamides is 1. The molecule has 0 spiro atoms. The van der Waals surface area contributed by atoms with E-state index in [1.54, 1.807) is 16.4 Å². The highest BCUT2D eigenvalue weighted by molar-refractivity contribution is 7.89. The lowest BCUT2D eigenvalue weighted by atomic mass is 10.2. The number of rotatable bonds is 5. The van der Waals surface area contributed by atoms with Crippen molar-refractivity contribution in [1.29, 1.82) is 0 Å². The van der Waals surface area contributed by atoms with Gasteiger partial charge in [-0.05, 0) is 30.5 Å². The molecule has 0 bridgehead atoms. The maximum Gasteiger partial charge on any atom is 0.246 e. The maximum absolute atomic E-state index is 12.9. The number of ether oxygens (including phenoxy) is 1. The lowest BCUT2D eigenvalue weighted by Gasteiger charge is -2.35. The topological polar surface area (TPSA) is 49.9 Å². The Kier molecular flexibility index (Phi) is 5.47. The fourth-order valence-electron chi connectivity index (χ4n) is 2.79. The van der Waals surface area contributed by atoms with E-state index in [1.807, 2.05) is 13.0 Å². The van der Waals surface area contributed by atoms with Gasteiger partial charge in [0.1, 0.15) is 10.6 Å². The first-order chi connectivity index (χ1) is 10.3. The molecule has 0 aliphatic carbocycles. The van der Waals surface area contributed by atoms with Crippen LogP contribution >= 0.6 is 0 Å². The monoisotopic (exact) mass is 326 g/mol. The van der Waals surface area contributed by atoms with Gasteiger partial charge < -0.3 is 9.64 Å². The fourth-order valence-corrected chi connectivity index (χ4v) is 4.46. The first kappa shape index (κ1) is 17.2. The third-order valence-corrected chi connectivity index (χ3v) is 5.81. The Labute approximate surface area is 133 Å². The summed E-state index contributed by atoms with van der Waals surface area (Å²) in [4.78, 5) is 2.59. The van der Waals surface area contributed by atoms with Crippen LogP contribution in [0, 0.1) is 12.8 Å². The van der Waals surface area contributed by atoms with Crippen LogP contribution in [-0.4, -0.2) is 57.5 Å².